The van der Waals surface area contributed by atoms with Gasteiger partial charge >= 0.3 is 0 Å². The molecular weight excluding hydrogens is 344 g/mol. The molecular formula is C19H20N6O2. The van der Waals surface area contributed by atoms with Gasteiger partial charge in [-0.2, -0.15) is 0 Å². The van der Waals surface area contributed by atoms with Gasteiger partial charge in [0.2, 0.25) is 11.8 Å². The van der Waals surface area contributed by atoms with E-state index in [1.165, 1.54) is 0 Å². The zero-order valence-corrected chi connectivity index (χ0v) is 14.5. The molecule has 138 valence electrons. The molecule has 0 aliphatic heterocycles. The van der Waals surface area contributed by atoms with Crippen LogP contribution >= 0.6 is 0 Å². The van der Waals surface area contributed by atoms with Crippen LogP contribution in [-0.4, -0.2) is 23.5 Å². The average Bonchev–Trinajstić information content (AvgIpc) is 3.43. The van der Waals surface area contributed by atoms with E-state index in [0.29, 0.717) is 28.9 Å². The highest BCUT2D eigenvalue weighted by Gasteiger charge is 2.48. The van der Waals surface area contributed by atoms with Gasteiger partial charge in [-0.05, 0) is 55.0 Å². The predicted octanol–water partition coefficient (Wildman–Crippen LogP) is 1.47. The lowest BCUT2D eigenvalue weighted by Crippen LogP contribution is -2.20. The third-order valence-electron chi connectivity index (χ3n) is 4.39. The summed E-state index contributed by atoms with van der Waals surface area (Å²) in [4.78, 5) is 24.6. The Hall–Kier alpha value is -3.68. The van der Waals surface area contributed by atoms with Crippen LogP contribution < -0.4 is 22.1 Å². The van der Waals surface area contributed by atoms with E-state index in [1.807, 2.05) is 0 Å². The molecule has 0 heterocycles. The summed E-state index contributed by atoms with van der Waals surface area (Å²) in [5.41, 5.74) is 13.1. The molecule has 0 bridgehead atoms. The van der Waals surface area contributed by atoms with Crippen LogP contribution in [0.15, 0.2) is 48.5 Å². The number of anilines is 2. The zero-order chi connectivity index (χ0) is 19.6. The first-order chi connectivity index (χ1) is 12.8. The maximum Gasteiger partial charge on any atom is 0.228 e. The van der Waals surface area contributed by atoms with Crippen molar-refractivity contribution in [2.45, 2.75) is 6.42 Å². The predicted molar refractivity (Wildman–Crippen MR) is 104 cm³/mol. The van der Waals surface area contributed by atoms with Gasteiger partial charge in [0.15, 0.2) is 0 Å². The first kappa shape index (κ1) is 18.1. The van der Waals surface area contributed by atoms with Gasteiger partial charge in [0, 0.05) is 22.5 Å². The molecule has 2 amide bonds. The number of carbonyl (C=O) groups excluding carboxylic acids is 2. The van der Waals surface area contributed by atoms with Crippen LogP contribution in [-0.2, 0) is 9.59 Å². The number of nitrogen functional groups attached to an aromatic ring is 2. The van der Waals surface area contributed by atoms with Crippen LogP contribution in [0.5, 0.6) is 0 Å². The fourth-order valence-electron chi connectivity index (χ4n) is 2.71. The molecule has 8 N–H and O–H groups in total. The van der Waals surface area contributed by atoms with Crippen LogP contribution in [0.4, 0.5) is 11.4 Å². The van der Waals surface area contributed by atoms with Crippen LogP contribution in [0.25, 0.3) is 0 Å². The first-order valence-electron chi connectivity index (χ1n) is 8.36. The lowest BCUT2D eigenvalue weighted by Gasteiger charge is -2.07. The quantitative estimate of drug-likeness (QED) is 0.339. The third-order valence-corrected chi connectivity index (χ3v) is 4.39. The largest absolute Gasteiger partial charge is 0.384 e. The summed E-state index contributed by atoms with van der Waals surface area (Å²) in [5, 5.41) is 20.2. The van der Waals surface area contributed by atoms with Gasteiger partial charge in [-0.1, -0.05) is 0 Å². The molecule has 8 nitrogen and oxygen atoms in total. The minimum Gasteiger partial charge on any atom is -0.384 e. The van der Waals surface area contributed by atoms with Crippen molar-refractivity contribution in [3.05, 3.63) is 59.7 Å². The summed E-state index contributed by atoms with van der Waals surface area (Å²) >= 11 is 0. The van der Waals surface area contributed by atoms with Crippen molar-refractivity contribution < 1.29 is 9.59 Å². The number of hydrogen-bond donors (Lipinski definition) is 6. The third kappa shape index (κ3) is 4.30. The van der Waals surface area contributed by atoms with Gasteiger partial charge < -0.3 is 22.1 Å². The second-order valence-corrected chi connectivity index (χ2v) is 6.41. The molecule has 1 aliphatic rings. The molecule has 3 rings (SSSR count). The minimum atomic E-state index is -0.367. The van der Waals surface area contributed by atoms with Gasteiger partial charge in [0.05, 0.1) is 11.8 Å². The van der Waals surface area contributed by atoms with Gasteiger partial charge in [-0.3, -0.25) is 20.4 Å². The highest BCUT2D eigenvalue weighted by atomic mass is 16.2. The molecule has 1 fully saturated rings. The van der Waals surface area contributed by atoms with E-state index >= 15 is 0 Å². The molecule has 2 atom stereocenters. The zero-order valence-electron chi connectivity index (χ0n) is 14.5. The molecule has 27 heavy (non-hydrogen) atoms. The normalized spacial score (nSPS) is 17.6. The molecule has 0 radical (unpaired) electrons. The molecule has 1 aliphatic carbocycles. The lowest BCUT2D eigenvalue weighted by atomic mass is 10.2. The maximum atomic E-state index is 12.3. The monoisotopic (exact) mass is 364 g/mol. The molecule has 0 unspecified atom stereocenters. The highest BCUT2D eigenvalue weighted by molar-refractivity contribution is 6.04. The van der Waals surface area contributed by atoms with Crippen LogP contribution in [0, 0.1) is 22.7 Å². The van der Waals surface area contributed by atoms with Gasteiger partial charge in [0.25, 0.3) is 0 Å². The fraction of sp³-hybridized carbons (Fsp3) is 0.158. The fourth-order valence-corrected chi connectivity index (χ4v) is 2.71. The van der Waals surface area contributed by atoms with E-state index in [-0.39, 0.29) is 35.3 Å². The molecule has 2 aromatic rings. The topological polar surface area (TPSA) is 158 Å². The number of benzene rings is 2. The summed E-state index contributed by atoms with van der Waals surface area (Å²) in [6.07, 6.45) is 0.495. The van der Waals surface area contributed by atoms with E-state index in [9.17, 15) is 9.59 Å². The average molecular weight is 364 g/mol. The van der Waals surface area contributed by atoms with Crippen LogP contribution in [0.1, 0.15) is 17.5 Å². The van der Waals surface area contributed by atoms with Crippen LogP contribution in [0.3, 0.4) is 0 Å². The maximum absolute atomic E-state index is 12.3. The number of amides is 2. The Labute approximate surface area is 156 Å². The van der Waals surface area contributed by atoms with E-state index in [2.05, 4.69) is 10.6 Å². The molecule has 8 heteroatoms. The number of rotatable bonds is 6. The summed E-state index contributed by atoms with van der Waals surface area (Å²) in [6, 6.07) is 13.3. The molecule has 0 aromatic heterocycles. The smallest absolute Gasteiger partial charge is 0.228 e. The number of nitrogens with one attached hydrogen (secondary N) is 4. The number of amidine groups is 2. The van der Waals surface area contributed by atoms with Crippen molar-refractivity contribution in [3.63, 3.8) is 0 Å². The van der Waals surface area contributed by atoms with E-state index < -0.39 is 0 Å². The van der Waals surface area contributed by atoms with Gasteiger partial charge in [-0.15, -0.1) is 0 Å². The Kier molecular flexibility index (Phi) is 4.89. The molecule has 2 aromatic carbocycles. The number of nitrogens with two attached hydrogens (primary N) is 2. The highest BCUT2D eigenvalue weighted by Crippen LogP contribution is 2.40. The van der Waals surface area contributed by atoms with E-state index in [1.54, 1.807) is 48.5 Å². The Bertz CT molecular complexity index is 829. The van der Waals surface area contributed by atoms with Crippen LogP contribution in [0.2, 0.25) is 0 Å². The second-order valence-electron chi connectivity index (χ2n) is 6.41. The Morgan fingerprint density at radius 2 is 1.07 bits per heavy atom. The summed E-state index contributed by atoms with van der Waals surface area (Å²) in [7, 11) is 0. The molecule has 1 saturated carbocycles. The molecule has 0 spiro atoms. The molecule has 0 saturated heterocycles. The van der Waals surface area contributed by atoms with Crippen molar-refractivity contribution in [2.24, 2.45) is 23.3 Å². The SMILES string of the molecule is N=C(N)c1ccc(NC(=O)[C@H]2C[C@@H]2C(=O)Nc2ccc(C(=N)N)cc2)cc1. The lowest BCUT2D eigenvalue weighted by molar-refractivity contribution is -0.122. The summed E-state index contributed by atoms with van der Waals surface area (Å²) in [6.45, 7) is 0. The van der Waals surface area contributed by atoms with Crippen molar-refractivity contribution >= 4 is 34.9 Å². The van der Waals surface area contributed by atoms with Crippen molar-refractivity contribution in [2.75, 3.05) is 10.6 Å². The Morgan fingerprint density at radius 3 is 1.37 bits per heavy atom. The van der Waals surface area contributed by atoms with Crippen molar-refractivity contribution in [3.8, 4) is 0 Å². The minimum absolute atomic E-state index is 0.0388. The van der Waals surface area contributed by atoms with Gasteiger partial charge in [0.1, 0.15) is 11.7 Å². The second kappa shape index (κ2) is 7.28. The first-order valence-corrected chi connectivity index (χ1v) is 8.36. The van der Waals surface area contributed by atoms with Gasteiger partial charge in [-0.25, -0.2) is 0 Å². The Morgan fingerprint density at radius 1 is 0.741 bits per heavy atom. The van der Waals surface area contributed by atoms with E-state index in [4.69, 9.17) is 22.3 Å². The van der Waals surface area contributed by atoms with Crippen molar-refractivity contribution in [1.29, 1.82) is 10.8 Å². The van der Waals surface area contributed by atoms with E-state index in [0.717, 1.165) is 0 Å². The standard InChI is InChI=1S/C19H20N6O2/c20-16(21)10-1-5-12(6-2-10)24-18(26)14-9-15(14)19(27)25-13-7-3-11(4-8-13)17(22)23/h1-8,14-15H,9H2,(H3,20,21)(H3,22,23)(H,24,26)(H,25,27)/t14-,15-/m0/s1. The van der Waals surface area contributed by atoms with Crippen molar-refractivity contribution in [1.82, 2.24) is 0 Å². The summed E-state index contributed by atoms with van der Waals surface area (Å²) in [5.74, 6) is -1.23. The number of carbonyl (C=O) groups is 2. The number of hydrogen-bond acceptors (Lipinski definition) is 4. The Balaban J connectivity index is 1.53. The summed E-state index contributed by atoms with van der Waals surface area (Å²) < 4.78 is 0.